The number of hydrogen-bond donors (Lipinski definition) is 2. The Hall–Kier alpha value is -2.66. The Kier molecular flexibility index (Phi) is 5.67. The fraction of sp³-hybridized carbons (Fsp3) is 0.0400. The molecule has 0 amide bonds. The summed E-state index contributed by atoms with van der Waals surface area (Å²) < 4.78 is 0. The molecule has 0 unspecified atom stereocenters. The molecule has 2 nitrogen and oxygen atoms in total. The first kappa shape index (κ1) is 19.6. The zero-order chi connectivity index (χ0) is 20.2. The van der Waals surface area contributed by atoms with E-state index in [1.54, 1.807) is 0 Å². The summed E-state index contributed by atoms with van der Waals surface area (Å²) in [5.41, 5.74) is 0. The topological polar surface area (TPSA) is 47.7 Å². The van der Waals surface area contributed by atoms with Gasteiger partial charge in [0.25, 0.3) is 0 Å². The highest BCUT2D eigenvalue weighted by atomic mass is 31.2. The molecule has 0 bridgehead atoms. The van der Waals surface area contributed by atoms with Gasteiger partial charge in [-0.05, 0) is 21.2 Å². The van der Waals surface area contributed by atoms with Crippen molar-refractivity contribution in [2.24, 2.45) is 0 Å². The molecule has 0 saturated carbocycles. The van der Waals surface area contributed by atoms with Crippen molar-refractivity contribution in [1.82, 2.24) is 0 Å². The summed E-state index contributed by atoms with van der Waals surface area (Å²) in [6.45, 7) is 0. The number of hydrogen-bond acceptors (Lipinski definition) is 2. The highest BCUT2D eigenvalue weighted by molar-refractivity contribution is 7.95. The van der Waals surface area contributed by atoms with Gasteiger partial charge in [0.1, 0.15) is 0 Å². The third kappa shape index (κ3) is 3.92. The molecular weight excluding hydrogens is 390 g/mol. The Bertz CT molecular complexity index is 977. The molecule has 4 heteroatoms. The van der Waals surface area contributed by atoms with Crippen LogP contribution in [0, 0.1) is 10.3 Å². The lowest BCUT2D eigenvalue weighted by Crippen LogP contribution is -2.24. The fourth-order valence-corrected chi connectivity index (χ4v) is 12.2. The van der Waals surface area contributed by atoms with E-state index in [9.17, 15) is 10.3 Å². The summed E-state index contributed by atoms with van der Waals surface area (Å²) in [7, 11) is -5.03. The largest absolute Gasteiger partial charge is 0.309 e. The maximum absolute atomic E-state index is 9.78. The van der Waals surface area contributed by atoms with E-state index in [1.807, 2.05) is 72.8 Å². The van der Waals surface area contributed by atoms with Crippen LogP contribution in [-0.2, 0) is 0 Å². The smallest absolute Gasteiger partial charge is 0.0326 e. The van der Waals surface area contributed by atoms with Crippen LogP contribution < -0.4 is 21.2 Å². The minimum atomic E-state index is -2.51. The van der Waals surface area contributed by atoms with Crippen molar-refractivity contribution in [2.75, 3.05) is 5.90 Å². The molecule has 2 N–H and O–H groups in total. The minimum absolute atomic E-state index is 0.530. The quantitative estimate of drug-likeness (QED) is 0.374. The van der Waals surface area contributed by atoms with Crippen molar-refractivity contribution in [2.45, 2.75) is 0 Å². The molecule has 0 radical (unpaired) electrons. The Morgan fingerprint density at radius 1 is 0.379 bits per heavy atom. The van der Waals surface area contributed by atoms with Crippen LogP contribution in [0.15, 0.2) is 121 Å². The highest BCUT2D eigenvalue weighted by Gasteiger charge is 2.32. The summed E-state index contributed by atoms with van der Waals surface area (Å²) >= 11 is 0. The SMILES string of the molecule is N=P(CP(=N)(c1ccccc1)c1ccccc1)(c1ccccc1)c1ccccc1. The molecule has 0 aromatic heterocycles. The molecule has 0 heterocycles. The van der Waals surface area contributed by atoms with Gasteiger partial charge < -0.3 is 10.3 Å². The second kappa shape index (κ2) is 8.37. The van der Waals surface area contributed by atoms with Gasteiger partial charge in [0.05, 0.1) is 0 Å². The Balaban J connectivity index is 1.93. The van der Waals surface area contributed by atoms with Crippen molar-refractivity contribution >= 4 is 35.3 Å². The van der Waals surface area contributed by atoms with Crippen LogP contribution in [0.4, 0.5) is 0 Å². The van der Waals surface area contributed by atoms with Gasteiger partial charge in [-0.1, -0.05) is 121 Å². The second-order valence-corrected chi connectivity index (χ2v) is 13.5. The van der Waals surface area contributed by atoms with E-state index in [0.29, 0.717) is 5.90 Å². The van der Waals surface area contributed by atoms with Crippen molar-refractivity contribution in [3.05, 3.63) is 121 Å². The monoisotopic (exact) mass is 414 g/mol. The van der Waals surface area contributed by atoms with Gasteiger partial charge in [-0.15, -0.1) is 0 Å². The molecule has 0 aliphatic carbocycles. The summed E-state index contributed by atoms with van der Waals surface area (Å²) in [5, 5.41) is 23.7. The van der Waals surface area contributed by atoms with E-state index in [1.165, 1.54) is 0 Å². The fourth-order valence-electron chi connectivity index (χ4n) is 3.67. The first-order valence-electron chi connectivity index (χ1n) is 9.62. The molecule has 0 saturated heterocycles. The number of rotatable bonds is 6. The van der Waals surface area contributed by atoms with E-state index >= 15 is 0 Å². The molecule has 4 rings (SSSR count). The van der Waals surface area contributed by atoms with Crippen molar-refractivity contribution < 1.29 is 0 Å². The highest BCUT2D eigenvalue weighted by Crippen LogP contribution is 2.59. The average molecular weight is 414 g/mol. The van der Waals surface area contributed by atoms with E-state index in [2.05, 4.69) is 48.5 Å². The number of benzene rings is 4. The summed E-state index contributed by atoms with van der Waals surface area (Å²) in [6.07, 6.45) is 0. The van der Waals surface area contributed by atoms with Crippen LogP contribution in [0.25, 0.3) is 0 Å². The van der Waals surface area contributed by atoms with Crippen LogP contribution in [0.1, 0.15) is 0 Å². The van der Waals surface area contributed by atoms with E-state index < -0.39 is 14.1 Å². The molecule has 0 fully saturated rings. The van der Waals surface area contributed by atoms with E-state index in [4.69, 9.17) is 0 Å². The third-order valence-corrected chi connectivity index (χ3v) is 13.3. The molecule has 0 aliphatic heterocycles. The van der Waals surface area contributed by atoms with Gasteiger partial charge in [-0.2, -0.15) is 0 Å². The van der Waals surface area contributed by atoms with Crippen molar-refractivity contribution in [1.29, 1.82) is 10.3 Å². The molecule has 144 valence electrons. The zero-order valence-corrected chi connectivity index (χ0v) is 17.9. The molecule has 0 spiro atoms. The molecule has 4 aromatic carbocycles. The summed E-state index contributed by atoms with van der Waals surface area (Å²) in [6, 6.07) is 40.6. The molecule has 0 atom stereocenters. The van der Waals surface area contributed by atoms with Gasteiger partial charge >= 0.3 is 0 Å². The molecular formula is C25H24N2P2. The Morgan fingerprint density at radius 2 is 0.586 bits per heavy atom. The molecule has 0 aliphatic rings. The van der Waals surface area contributed by atoms with Crippen LogP contribution >= 0.6 is 14.1 Å². The summed E-state index contributed by atoms with van der Waals surface area (Å²) in [4.78, 5) is 0. The predicted molar refractivity (Wildman–Crippen MR) is 128 cm³/mol. The van der Waals surface area contributed by atoms with Crippen LogP contribution in [0.5, 0.6) is 0 Å². The second-order valence-electron chi connectivity index (χ2n) is 7.10. The van der Waals surface area contributed by atoms with Gasteiger partial charge in [0, 0.05) is 20.0 Å². The predicted octanol–water partition coefficient (Wildman–Crippen LogP) is 5.81. The van der Waals surface area contributed by atoms with Crippen LogP contribution in [0.3, 0.4) is 0 Å². The van der Waals surface area contributed by atoms with Crippen LogP contribution in [-0.4, -0.2) is 5.90 Å². The average Bonchev–Trinajstić information content (AvgIpc) is 2.81. The Morgan fingerprint density at radius 3 is 0.793 bits per heavy atom. The molecule has 29 heavy (non-hydrogen) atoms. The van der Waals surface area contributed by atoms with E-state index in [-0.39, 0.29) is 0 Å². The van der Waals surface area contributed by atoms with Gasteiger partial charge in [0.15, 0.2) is 0 Å². The standard InChI is InChI=1S/C25H24N2P2/c26-28(22-13-5-1-6-14-22,23-15-7-2-8-16-23)21-29(27,24-17-9-3-10-18-24)25-19-11-4-12-20-25/h1-20,26-27H,21H2. The van der Waals surface area contributed by atoms with Gasteiger partial charge in [-0.3, -0.25) is 0 Å². The third-order valence-electron chi connectivity index (χ3n) is 5.21. The minimum Gasteiger partial charge on any atom is -0.309 e. The van der Waals surface area contributed by atoms with Crippen molar-refractivity contribution in [3.8, 4) is 0 Å². The lowest BCUT2D eigenvalue weighted by Gasteiger charge is -2.32. The van der Waals surface area contributed by atoms with Gasteiger partial charge in [0.2, 0.25) is 0 Å². The van der Waals surface area contributed by atoms with Crippen molar-refractivity contribution in [3.63, 3.8) is 0 Å². The lowest BCUT2D eigenvalue weighted by molar-refractivity contribution is 1.54. The maximum Gasteiger partial charge on any atom is 0.0326 e. The summed E-state index contributed by atoms with van der Waals surface area (Å²) in [5.74, 6) is 0.530. The normalized spacial score (nSPS) is 11.9. The zero-order valence-electron chi connectivity index (χ0n) is 16.1. The van der Waals surface area contributed by atoms with E-state index in [0.717, 1.165) is 21.2 Å². The first-order chi connectivity index (χ1) is 14.1. The lowest BCUT2D eigenvalue weighted by atomic mass is 10.4. The first-order valence-corrected chi connectivity index (χ1v) is 13.6. The Labute approximate surface area is 173 Å². The van der Waals surface area contributed by atoms with Gasteiger partial charge in [-0.25, -0.2) is 0 Å². The number of nitrogens with one attached hydrogen (secondary N) is 2. The molecule has 4 aromatic rings. The maximum atomic E-state index is 9.78. The van der Waals surface area contributed by atoms with Crippen LogP contribution in [0.2, 0.25) is 0 Å².